The number of rotatable bonds is 3. The van der Waals surface area contributed by atoms with E-state index in [4.69, 9.17) is 0 Å². The highest BCUT2D eigenvalue weighted by molar-refractivity contribution is 5.79. The fourth-order valence-electron chi connectivity index (χ4n) is 1.44. The molecule has 0 aliphatic heterocycles. The topological polar surface area (TPSA) is 26.3 Å². The van der Waals surface area contributed by atoms with Gasteiger partial charge in [-0.1, -0.05) is 6.92 Å². The molecule has 0 radical (unpaired) electrons. The van der Waals surface area contributed by atoms with Crippen LogP contribution >= 0.6 is 0 Å². The van der Waals surface area contributed by atoms with Crippen LogP contribution < -0.4 is 4.74 Å². The number of benzene rings is 1. The van der Waals surface area contributed by atoms with Crippen molar-refractivity contribution in [3.05, 3.63) is 29.6 Å². The lowest BCUT2D eigenvalue weighted by Gasteiger charge is -2.28. The molecule has 6 heteroatoms. The van der Waals surface area contributed by atoms with Gasteiger partial charge < -0.3 is 4.74 Å². The van der Waals surface area contributed by atoms with Crippen molar-refractivity contribution < 1.29 is 27.1 Å². The van der Waals surface area contributed by atoms with Crippen LogP contribution in [0.1, 0.15) is 25.8 Å². The lowest BCUT2D eigenvalue weighted by Crippen LogP contribution is -2.44. The first-order valence-corrected chi connectivity index (χ1v) is 5.66. The van der Waals surface area contributed by atoms with Crippen LogP contribution in [0.4, 0.5) is 17.6 Å². The summed E-state index contributed by atoms with van der Waals surface area (Å²) in [7, 11) is 0. The van der Waals surface area contributed by atoms with Crippen LogP contribution in [0, 0.1) is 18.2 Å². The maximum atomic E-state index is 13.1. The number of hydrogen-bond donors (Lipinski definition) is 0. The second kappa shape index (κ2) is 5.19. The van der Waals surface area contributed by atoms with Gasteiger partial charge in [-0.3, -0.25) is 4.79 Å². The van der Waals surface area contributed by atoms with Gasteiger partial charge in [-0.2, -0.15) is 13.2 Å². The molecule has 2 nitrogen and oxygen atoms in total. The Morgan fingerprint density at radius 1 is 1.26 bits per heavy atom. The van der Waals surface area contributed by atoms with E-state index in [1.165, 1.54) is 19.1 Å². The van der Waals surface area contributed by atoms with E-state index < -0.39 is 29.8 Å². The molecule has 0 spiro atoms. The molecular formula is C13H14F4O2. The van der Waals surface area contributed by atoms with Gasteiger partial charge in [0.1, 0.15) is 11.6 Å². The third kappa shape index (κ3) is 3.24. The highest BCUT2D eigenvalue weighted by atomic mass is 19.4. The van der Waals surface area contributed by atoms with E-state index >= 15 is 0 Å². The van der Waals surface area contributed by atoms with E-state index in [0.29, 0.717) is 5.56 Å². The minimum absolute atomic E-state index is 0.230. The van der Waals surface area contributed by atoms with Crippen LogP contribution in [-0.4, -0.2) is 12.1 Å². The maximum Gasteiger partial charge on any atom is 0.404 e. The third-order valence-electron chi connectivity index (χ3n) is 3.01. The van der Waals surface area contributed by atoms with Crippen molar-refractivity contribution in [2.75, 3.05) is 0 Å². The minimum Gasteiger partial charge on any atom is -0.426 e. The number of halogens is 4. The van der Waals surface area contributed by atoms with E-state index in [1.54, 1.807) is 6.92 Å². The van der Waals surface area contributed by atoms with Crippen molar-refractivity contribution in [1.29, 1.82) is 0 Å². The average molecular weight is 278 g/mol. The quantitative estimate of drug-likeness (QED) is 0.474. The second-order valence-electron chi connectivity index (χ2n) is 4.54. The van der Waals surface area contributed by atoms with Gasteiger partial charge in [0.05, 0.1) is 0 Å². The number of hydrogen-bond acceptors (Lipinski definition) is 2. The van der Waals surface area contributed by atoms with Gasteiger partial charge in [0, 0.05) is 6.07 Å². The molecule has 0 heterocycles. The third-order valence-corrected chi connectivity index (χ3v) is 3.01. The molecule has 0 N–H and O–H groups in total. The molecule has 106 valence electrons. The van der Waals surface area contributed by atoms with Gasteiger partial charge in [-0.05, 0) is 38.0 Å². The fraction of sp³-hybridized carbons (Fsp3) is 0.462. The lowest BCUT2D eigenvalue weighted by atomic mass is 9.87. The van der Waals surface area contributed by atoms with Gasteiger partial charge in [-0.25, -0.2) is 4.39 Å². The summed E-state index contributed by atoms with van der Waals surface area (Å²) in [5, 5.41) is 0. The largest absolute Gasteiger partial charge is 0.426 e. The number of esters is 1. The Kier molecular flexibility index (Phi) is 4.22. The van der Waals surface area contributed by atoms with E-state index in [0.717, 1.165) is 13.0 Å². The van der Waals surface area contributed by atoms with E-state index in [1.807, 2.05) is 0 Å². The lowest BCUT2D eigenvalue weighted by molar-refractivity contribution is -0.225. The van der Waals surface area contributed by atoms with Crippen LogP contribution in [0.2, 0.25) is 0 Å². The molecule has 0 aliphatic carbocycles. The van der Waals surface area contributed by atoms with Crippen molar-refractivity contribution in [2.24, 2.45) is 5.41 Å². The monoisotopic (exact) mass is 278 g/mol. The highest BCUT2D eigenvalue weighted by Crippen LogP contribution is 2.41. The van der Waals surface area contributed by atoms with E-state index in [9.17, 15) is 22.4 Å². The number of alkyl halides is 3. The first-order valence-electron chi connectivity index (χ1n) is 5.66. The van der Waals surface area contributed by atoms with Crippen molar-refractivity contribution in [3.8, 4) is 5.75 Å². The second-order valence-corrected chi connectivity index (χ2v) is 4.54. The molecule has 0 aliphatic rings. The average Bonchev–Trinajstić information content (AvgIpc) is 2.24. The van der Waals surface area contributed by atoms with Gasteiger partial charge in [-0.15, -0.1) is 0 Å². The van der Waals surface area contributed by atoms with Crippen molar-refractivity contribution in [1.82, 2.24) is 0 Å². The SMILES string of the molecule is CCC(C)(C(=O)Oc1cc(C)cc(F)c1)C(F)(F)F. The summed E-state index contributed by atoms with van der Waals surface area (Å²) in [4.78, 5) is 11.7. The molecule has 0 fully saturated rings. The molecule has 1 atom stereocenters. The molecule has 0 bridgehead atoms. The predicted octanol–water partition coefficient (Wildman–Crippen LogP) is 4.02. The fourth-order valence-corrected chi connectivity index (χ4v) is 1.44. The van der Waals surface area contributed by atoms with Crippen LogP contribution in [-0.2, 0) is 4.79 Å². The minimum atomic E-state index is -4.72. The molecule has 1 aromatic carbocycles. The summed E-state index contributed by atoms with van der Waals surface area (Å²) in [6.45, 7) is 3.55. The van der Waals surface area contributed by atoms with Gasteiger partial charge in [0.15, 0.2) is 5.41 Å². The van der Waals surface area contributed by atoms with Gasteiger partial charge >= 0.3 is 12.1 Å². The standard InChI is InChI=1S/C13H14F4O2/c1-4-12(3,13(15,16)17)11(18)19-10-6-8(2)5-9(14)7-10/h5-7H,4H2,1-3H3. The molecule has 0 aromatic heterocycles. The summed E-state index contributed by atoms with van der Waals surface area (Å²) in [5.74, 6) is -2.34. The van der Waals surface area contributed by atoms with Crippen LogP contribution in [0.25, 0.3) is 0 Å². The van der Waals surface area contributed by atoms with Crippen LogP contribution in [0.3, 0.4) is 0 Å². The number of ether oxygens (including phenoxy) is 1. The van der Waals surface area contributed by atoms with E-state index in [2.05, 4.69) is 4.74 Å². The van der Waals surface area contributed by atoms with E-state index in [-0.39, 0.29) is 5.75 Å². The smallest absolute Gasteiger partial charge is 0.404 e. The summed E-state index contributed by atoms with van der Waals surface area (Å²) < 4.78 is 56.3. The Balaban J connectivity index is 3.01. The van der Waals surface area contributed by atoms with Gasteiger partial charge in [0.25, 0.3) is 0 Å². The Hall–Kier alpha value is -1.59. The molecule has 1 aromatic rings. The Bertz CT molecular complexity index is 462. The molecule has 0 amide bonds. The molecule has 1 unspecified atom stereocenters. The number of aryl methyl sites for hydroxylation is 1. The maximum absolute atomic E-state index is 13.1. The zero-order valence-electron chi connectivity index (χ0n) is 10.8. The van der Waals surface area contributed by atoms with Crippen LogP contribution in [0.15, 0.2) is 18.2 Å². The molecule has 0 saturated heterocycles. The summed E-state index contributed by atoms with van der Waals surface area (Å²) in [6, 6.07) is 3.35. The number of carbonyl (C=O) groups excluding carboxylic acids is 1. The zero-order chi connectivity index (χ0) is 14.8. The molecular weight excluding hydrogens is 264 g/mol. The van der Waals surface area contributed by atoms with Crippen molar-refractivity contribution in [3.63, 3.8) is 0 Å². The normalized spacial score (nSPS) is 14.9. The van der Waals surface area contributed by atoms with Crippen LogP contribution in [0.5, 0.6) is 5.75 Å². The van der Waals surface area contributed by atoms with Gasteiger partial charge in [0.2, 0.25) is 0 Å². The Labute approximate surface area is 108 Å². The number of carbonyl (C=O) groups is 1. The summed E-state index contributed by atoms with van der Waals surface area (Å²) in [5.41, 5.74) is -2.15. The molecule has 0 saturated carbocycles. The summed E-state index contributed by atoms with van der Waals surface area (Å²) >= 11 is 0. The first kappa shape index (κ1) is 15.5. The zero-order valence-corrected chi connectivity index (χ0v) is 10.8. The Morgan fingerprint density at radius 2 is 1.84 bits per heavy atom. The first-order chi connectivity index (χ1) is 8.60. The summed E-state index contributed by atoms with van der Waals surface area (Å²) in [6.07, 6.45) is -5.18. The Morgan fingerprint density at radius 3 is 2.26 bits per heavy atom. The molecule has 19 heavy (non-hydrogen) atoms. The predicted molar refractivity (Wildman–Crippen MR) is 61.2 cm³/mol. The van der Waals surface area contributed by atoms with Crippen molar-refractivity contribution in [2.45, 2.75) is 33.4 Å². The van der Waals surface area contributed by atoms with Crippen molar-refractivity contribution >= 4 is 5.97 Å². The highest BCUT2D eigenvalue weighted by Gasteiger charge is 2.56. The molecule has 1 rings (SSSR count).